The van der Waals surface area contributed by atoms with Crippen molar-refractivity contribution in [3.63, 3.8) is 0 Å². The van der Waals surface area contributed by atoms with Crippen LogP contribution in [0.5, 0.6) is 0 Å². The number of hydrogen-bond donors (Lipinski definition) is 10. The molecule has 0 radical (unpaired) electrons. The lowest BCUT2D eigenvalue weighted by Crippen LogP contribution is -2.57. The van der Waals surface area contributed by atoms with Crippen LogP contribution in [0.4, 0.5) is 0 Å². The molecular formula is C22H38N10O7. The zero-order chi connectivity index (χ0) is 29.4. The predicted octanol–water partition coefficient (Wildman–Crippen LogP) is -3.52. The molecule has 17 heteroatoms. The zero-order valence-corrected chi connectivity index (χ0v) is 21.5. The number of carbonyl (C=O) groups excluding carboxylic acids is 3. The van der Waals surface area contributed by atoms with Gasteiger partial charge in [0.15, 0.2) is 5.96 Å². The summed E-state index contributed by atoms with van der Waals surface area (Å²) < 4.78 is 0. The van der Waals surface area contributed by atoms with Gasteiger partial charge in [0.2, 0.25) is 17.7 Å². The average molecular weight is 555 g/mol. The van der Waals surface area contributed by atoms with Gasteiger partial charge in [0.1, 0.15) is 18.1 Å². The van der Waals surface area contributed by atoms with Crippen LogP contribution >= 0.6 is 0 Å². The highest BCUT2D eigenvalue weighted by molar-refractivity contribution is 5.94. The van der Waals surface area contributed by atoms with E-state index in [9.17, 15) is 29.1 Å². The van der Waals surface area contributed by atoms with Crippen molar-refractivity contribution in [3.05, 3.63) is 18.2 Å². The largest absolute Gasteiger partial charge is 0.481 e. The molecule has 17 nitrogen and oxygen atoms in total. The lowest BCUT2D eigenvalue weighted by molar-refractivity contribution is -0.142. The standard InChI is InChI=1S/C22H38N10O7/c23-6-2-1-4-15(21(38)39)31-19(36)14(5-3-7-28-22(25)26)30-20(37)16(8-12-10-27-11-29-12)32-18(35)13(24)9-17(33)34/h10-11,13-16H,1-9,23-24H2,(H,27,29)(H,30,37)(H,31,36)(H,32,35)(H,33,34)(H,38,39)(H4,25,26,28). The third kappa shape index (κ3) is 13.2. The van der Waals surface area contributed by atoms with Crippen LogP contribution < -0.4 is 38.9 Å². The molecule has 0 saturated heterocycles. The molecule has 218 valence electrons. The van der Waals surface area contributed by atoms with E-state index in [1.165, 1.54) is 12.5 Å². The minimum Gasteiger partial charge on any atom is -0.481 e. The zero-order valence-electron chi connectivity index (χ0n) is 21.5. The van der Waals surface area contributed by atoms with Crippen molar-refractivity contribution in [1.82, 2.24) is 25.9 Å². The van der Waals surface area contributed by atoms with Crippen LogP contribution in [0.3, 0.4) is 0 Å². The lowest BCUT2D eigenvalue weighted by Gasteiger charge is -2.25. The van der Waals surface area contributed by atoms with Gasteiger partial charge in [0, 0.05) is 24.9 Å². The molecule has 0 fully saturated rings. The number of aliphatic carboxylic acids is 2. The Morgan fingerprint density at radius 3 is 2.10 bits per heavy atom. The number of carboxylic acid groups (broad SMARTS) is 2. The van der Waals surface area contributed by atoms with Gasteiger partial charge in [-0.15, -0.1) is 0 Å². The monoisotopic (exact) mass is 554 g/mol. The molecule has 0 aliphatic rings. The van der Waals surface area contributed by atoms with Gasteiger partial charge in [0.25, 0.3) is 0 Å². The highest BCUT2D eigenvalue weighted by Crippen LogP contribution is 2.07. The fourth-order valence-corrected chi connectivity index (χ4v) is 3.45. The summed E-state index contributed by atoms with van der Waals surface area (Å²) in [6.45, 7) is 0.502. The molecule has 1 aromatic rings. The number of aromatic amines is 1. The van der Waals surface area contributed by atoms with Gasteiger partial charge in [-0.2, -0.15) is 0 Å². The molecule has 14 N–H and O–H groups in total. The Hall–Kier alpha value is -4.25. The Morgan fingerprint density at radius 2 is 1.54 bits per heavy atom. The van der Waals surface area contributed by atoms with Crippen molar-refractivity contribution in [2.24, 2.45) is 27.9 Å². The Morgan fingerprint density at radius 1 is 0.923 bits per heavy atom. The average Bonchev–Trinajstić information content (AvgIpc) is 3.37. The number of carboxylic acids is 2. The summed E-state index contributed by atoms with van der Waals surface area (Å²) in [5.41, 5.74) is 22.2. The van der Waals surface area contributed by atoms with E-state index >= 15 is 0 Å². The minimum atomic E-state index is -1.43. The number of hydrogen-bond acceptors (Lipinski definition) is 9. The summed E-state index contributed by atoms with van der Waals surface area (Å²) in [5, 5.41) is 25.8. The molecule has 4 unspecified atom stereocenters. The number of H-pyrrole nitrogens is 1. The van der Waals surface area contributed by atoms with Gasteiger partial charge >= 0.3 is 11.9 Å². The topological polar surface area (TPSA) is 307 Å². The van der Waals surface area contributed by atoms with Gasteiger partial charge in [-0.05, 0) is 38.6 Å². The molecule has 1 heterocycles. The number of unbranched alkanes of at least 4 members (excludes halogenated alkanes) is 1. The maximum absolute atomic E-state index is 13.2. The number of imidazole rings is 1. The first-order valence-electron chi connectivity index (χ1n) is 12.3. The van der Waals surface area contributed by atoms with Crippen LogP contribution in [0.15, 0.2) is 17.5 Å². The molecule has 0 bridgehead atoms. The number of nitrogens with two attached hydrogens (primary N) is 4. The number of guanidine groups is 1. The van der Waals surface area contributed by atoms with E-state index in [-0.39, 0.29) is 38.2 Å². The number of rotatable bonds is 19. The molecule has 1 rings (SSSR count). The summed E-state index contributed by atoms with van der Waals surface area (Å²) >= 11 is 0. The third-order valence-corrected chi connectivity index (χ3v) is 5.48. The first-order valence-corrected chi connectivity index (χ1v) is 12.3. The molecule has 1 aromatic heterocycles. The summed E-state index contributed by atoms with van der Waals surface area (Å²) in [7, 11) is 0. The summed E-state index contributed by atoms with van der Waals surface area (Å²) in [6.07, 6.45) is 3.47. The summed E-state index contributed by atoms with van der Waals surface area (Å²) in [6, 6.07) is -5.12. The van der Waals surface area contributed by atoms with E-state index in [1.54, 1.807) is 0 Å². The fourth-order valence-electron chi connectivity index (χ4n) is 3.45. The minimum absolute atomic E-state index is 0.0345. The van der Waals surface area contributed by atoms with Crippen molar-refractivity contribution in [1.29, 1.82) is 0 Å². The predicted molar refractivity (Wildman–Crippen MR) is 139 cm³/mol. The molecule has 0 spiro atoms. The van der Waals surface area contributed by atoms with E-state index in [0.29, 0.717) is 25.1 Å². The second-order valence-electron chi connectivity index (χ2n) is 8.74. The second-order valence-corrected chi connectivity index (χ2v) is 8.74. The molecule has 39 heavy (non-hydrogen) atoms. The van der Waals surface area contributed by atoms with E-state index < -0.39 is 60.2 Å². The fraction of sp³-hybridized carbons (Fsp3) is 0.591. The van der Waals surface area contributed by atoms with Crippen LogP contribution in [-0.4, -0.2) is 93.1 Å². The molecule has 3 amide bonds. The summed E-state index contributed by atoms with van der Waals surface area (Å²) in [5.74, 6) is -5.16. The second kappa shape index (κ2) is 17.3. The number of nitrogens with zero attached hydrogens (tertiary/aromatic N) is 2. The van der Waals surface area contributed by atoms with E-state index in [1.807, 2.05) is 0 Å². The van der Waals surface area contributed by atoms with E-state index in [2.05, 4.69) is 30.9 Å². The molecule has 0 aromatic carbocycles. The maximum atomic E-state index is 13.2. The summed E-state index contributed by atoms with van der Waals surface area (Å²) in [4.78, 5) is 71.8. The molecule has 0 saturated carbocycles. The first-order chi connectivity index (χ1) is 18.4. The quantitative estimate of drug-likeness (QED) is 0.0452. The number of amides is 3. The van der Waals surface area contributed by atoms with Crippen molar-refractivity contribution in [3.8, 4) is 0 Å². The van der Waals surface area contributed by atoms with Gasteiger partial charge in [-0.25, -0.2) is 9.78 Å². The maximum Gasteiger partial charge on any atom is 0.326 e. The van der Waals surface area contributed by atoms with E-state index in [0.717, 1.165) is 0 Å². The molecular weight excluding hydrogens is 516 g/mol. The van der Waals surface area contributed by atoms with Crippen LogP contribution in [0.2, 0.25) is 0 Å². The highest BCUT2D eigenvalue weighted by Gasteiger charge is 2.31. The smallest absolute Gasteiger partial charge is 0.326 e. The van der Waals surface area contributed by atoms with Gasteiger partial charge in [0.05, 0.1) is 18.8 Å². The Bertz CT molecular complexity index is 982. The number of nitrogens with one attached hydrogen (secondary N) is 4. The normalized spacial score (nSPS) is 13.8. The van der Waals surface area contributed by atoms with Gasteiger partial charge in [-0.1, -0.05) is 0 Å². The van der Waals surface area contributed by atoms with Crippen LogP contribution in [0, 0.1) is 0 Å². The van der Waals surface area contributed by atoms with E-state index in [4.69, 9.17) is 28.0 Å². The van der Waals surface area contributed by atoms with Crippen molar-refractivity contribution in [2.45, 2.75) is 69.1 Å². The van der Waals surface area contributed by atoms with Gasteiger partial charge in [-0.3, -0.25) is 24.2 Å². The Balaban J connectivity index is 3.09. The van der Waals surface area contributed by atoms with Gasteiger partial charge < -0.3 is 54.1 Å². The number of aromatic nitrogens is 2. The molecule has 0 aliphatic carbocycles. The molecule has 0 aliphatic heterocycles. The highest BCUT2D eigenvalue weighted by atomic mass is 16.4. The Labute approximate surface area is 224 Å². The number of carbonyl (C=O) groups is 5. The van der Waals surface area contributed by atoms with Crippen LogP contribution in [-0.2, 0) is 30.4 Å². The van der Waals surface area contributed by atoms with Crippen molar-refractivity contribution >= 4 is 35.6 Å². The lowest BCUT2D eigenvalue weighted by atomic mass is 10.1. The SMILES string of the molecule is NCCCCC(NC(=O)C(CCCN=C(N)N)NC(=O)C(Cc1cnc[nH]1)NC(=O)C(N)CC(=O)O)C(=O)O. The number of aliphatic imine (C=N–C) groups is 1. The first kappa shape index (κ1) is 32.8. The van der Waals surface area contributed by atoms with Crippen LogP contribution in [0.25, 0.3) is 0 Å². The third-order valence-electron chi connectivity index (χ3n) is 5.48. The Kier molecular flexibility index (Phi) is 14.5. The van der Waals surface area contributed by atoms with Crippen molar-refractivity contribution < 1.29 is 34.2 Å². The van der Waals surface area contributed by atoms with Crippen molar-refractivity contribution in [2.75, 3.05) is 13.1 Å². The molecule has 4 atom stereocenters. The van der Waals surface area contributed by atoms with Crippen LogP contribution in [0.1, 0.15) is 44.2 Å².